The van der Waals surface area contributed by atoms with Crippen LogP contribution in [0.1, 0.15) is 11.1 Å². The van der Waals surface area contributed by atoms with Crippen molar-refractivity contribution in [1.29, 1.82) is 0 Å². The van der Waals surface area contributed by atoms with Gasteiger partial charge in [-0.1, -0.05) is 12.1 Å². The molecular weight excluding hydrogens is 305 g/mol. The van der Waals surface area contributed by atoms with E-state index in [0.717, 1.165) is 11.1 Å². The summed E-state index contributed by atoms with van der Waals surface area (Å²) in [5.41, 5.74) is 1.95. The number of benzene rings is 2. The van der Waals surface area contributed by atoms with Gasteiger partial charge in [-0.3, -0.25) is 0 Å². The van der Waals surface area contributed by atoms with Gasteiger partial charge in [0.15, 0.2) is 0 Å². The highest BCUT2D eigenvalue weighted by molar-refractivity contribution is 7.89. The van der Waals surface area contributed by atoms with Gasteiger partial charge in [0.1, 0.15) is 18.2 Å². The van der Waals surface area contributed by atoms with Crippen LogP contribution in [0, 0.1) is 19.7 Å². The summed E-state index contributed by atoms with van der Waals surface area (Å²) >= 11 is 0. The zero-order valence-electron chi connectivity index (χ0n) is 12.5. The Hall–Kier alpha value is -1.92. The number of hydrogen-bond acceptors (Lipinski definition) is 3. The summed E-state index contributed by atoms with van der Waals surface area (Å²) in [5.74, 6) is -0.0291. The van der Waals surface area contributed by atoms with Crippen molar-refractivity contribution in [2.75, 3.05) is 13.2 Å². The molecule has 0 aliphatic carbocycles. The van der Waals surface area contributed by atoms with Crippen molar-refractivity contribution in [3.8, 4) is 5.75 Å². The van der Waals surface area contributed by atoms with Crippen molar-refractivity contribution < 1.29 is 17.5 Å². The Morgan fingerprint density at radius 1 is 1.09 bits per heavy atom. The van der Waals surface area contributed by atoms with Gasteiger partial charge in [0.05, 0.1) is 4.90 Å². The summed E-state index contributed by atoms with van der Waals surface area (Å²) in [6, 6.07) is 10.7. The summed E-state index contributed by atoms with van der Waals surface area (Å²) in [4.78, 5) is 0.223. The molecular formula is C16H18FNO3S. The van der Waals surface area contributed by atoms with Crippen LogP contribution in [0.25, 0.3) is 0 Å². The standard InChI is InChI=1S/C16H18FNO3S/c1-12-6-7-16(10-13(12)2)22(19,20)18-8-9-21-15-5-3-4-14(17)11-15/h3-7,10-11,18H,8-9H2,1-2H3. The number of aryl methyl sites for hydroxylation is 2. The topological polar surface area (TPSA) is 55.4 Å². The highest BCUT2D eigenvalue weighted by atomic mass is 32.2. The Morgan fingerprint density at radius 3 is 2.55 bits per heavy atom. The van der Waals surface area contributed by atoms with Gasteiger partial charge < -0.3 is 4.74 Å². The number of rotatable bonds is 6. The molecule has 0 radical (unpaired) electrons. The van der Waals surface area contributed by atoms with Gasteiger partial charge in [-0.2, -0.15) is 0 Å². The fraction of sp³-hybridized carbons (Fsp3) is 0.250. The zero-order valence-corrected chi connectivity index (χ0v) is 13.3. The van der Waals surface area contributed by atoms with Crippen LogP contribution in [-0.4, -0.2) is 21.6 Å². The summed E-state index contributed by atoms with van der Waals surface area (Å²) in [6.07, 6.45) is 0. The average Bonchev–Trinajstić information content (AvgIpc) is 2.46. The van der Waals surface area contributed by atoms with Gasteiger partial charge in [-0.15, -0.1) is 0 Å². The Labute approximate surface area is 130 Å². The lowest BCUT2D eigenvalue weighted by atomic mass is 10.1. The van der Waals surface area contributed by atoms with Gasteiger partial charge in [-0.25, -0.2) is 17.5 Å². The molecule has 0 aromatic heterocycles. The molecule has 0 unspecified atom stereocenters. The average molecular weight is 323 g/mol. The second-order valence-corrected chi connectivity index (χ2v) is 6.72. The van der Waals surface area contributed by atoms with E-state index in [1.165, 1.54) is 18.2 Å². The maximum Gasteiger partial charge on any atom is 0.240 e. The molecule has 2 aromatic carbocycles. The van der Waals surface area contributed by atoms with Crippen LogP contribution in [0.2, 0.25) is 0 Å². The van der Waals surface area contributed by atoms with Crippen molar-refractivity contribution in [3.05, 3.63) is 59.4 Å². The summed E-state index contributed by atoms with van der Waals surface area (Å²) in [7, 11) is -3.57. The minimum atomic E-state index is -3.57. The van der Waals surface area contributed by atoms with Crippen LogP contribution >= 0.6 is 0 Å². The second kappa shape index (κ2) is 6.89. The molecule has 0 atom stereocenters. The van der Waals surface area contributed by atoms with Crippen LogP contribution in [-0.2, 0) is 10.0 Å². The van der Waals surface area contributed by atoms with E-state index in [1.54, 1.807) is 24.3 Å². The van der Waals surface area contributed by atoms with Crippen molar-refractivity contribution in [2.24, 2.45) is 0 Å². The van der Waals surface area contributed by atoms with Gasteiger partial charge in [0.2, 0.25) is 10.0 Å². The van der Waals surface area contributed by atoms with E-state index < -0.39 is 15.8 Å². The molecule has 1 N–H and O–H groups in total. The van der Waals surface area contributed by atoms with Crippen LogP contribution in [0.4, 0.5) is 4.39 Å². The number of sulfonamides is 1. The fourth-order valence-electron chi connectivity index (χ4n) is 1.87. The van der Waals surface area contributed by atoms with Gasteiger partial charge in [-0.05, 0) is 49.2 Å². The van der Waals surface area contributed by atoms with E-state index in [9.17, 15) is 12.8 Å². The lowest BCUT2D eigenvalue weighted by molar-refractivity contribution is 0.321. The Morgan fingerprint density at radius 2 is 1.86 bits per heavy atom. The number of nitrogens with one attached hydrogen (secondary N) is 1. The Bertz CT molecular complexity index is 760. The monoisotopic (exact) mass is 323 g/mol. The Balaban J connectivity index is 1.91. The molecule has 118 valence electrons. The molecule has 0 aliphatic rings. The van der Waals surface area contributed by atoms with E-state index in [-0.39, 0.29) is 18.0 Å². The highest BCUT2D eigenvalue weighted by Crippen LogP contribution is 2.15. The number of halogens is 1. The minimum Gasteiger partial charge on any atom is -0.492 e. The van der Waals surface area contributed by atoms with E-state index in [2.05, 4.69) is 4.72 Å². The van der Waals surface area contributed by atoms with E-state index >= 15 is 0 Å². The van der Waals surface area contributed by atoms with Crippen LogP contribution in [0.15, 0.2) is 47.4 Å². The first-order chi connectivity index (χ1) is 10.4. The van der Waals surface area contributed by atoms with Crippen LogP contribution < -0.4 is 9.46 Å². The second-order valence-electron chi connectivity index (χ2n) is 4.95. The molecule has 0 saturated heterocycles. The minimum absolute atomic E-state index is 0.103. The summed E-state index contributed by atoms with van der Waals surface area (Å²) in [6.45, 7) is 4.01. The largest absolute Gasteiger partial charge is 0.492 e. The lowest BCUT2D eigenvalue weighted by Crippen LogP contribution is -2.28. The summed E-state index contributed by atoms with van der Waals surface area (Å²) in [5, 5.41) is 0. The molecule has 6 heteroatoms. The third kappa shape index (κ3) is 4.29. The molecule has 0 heterocycles. The molecule has 0 aliphatic heterocycles. The maximum atomic E-state index is 13.0. The van der Waals surface area contributed by atoms with Crippen LogP contribution in [0.5, 0.6) is 5.75 Å². The first kappa shape index (κ1) is 16.5. The highest BCUT2D eigenvalue weighted by Gasteiger charge is 2.13. The first-order valence-corrected chi connectivity index (χ1v) is 8.32. The molecule has 0 spiro atoms. The molecule has 0 amide bonds. The van der Waals surface area contributed by atoms with Crippen molar-refractivity contribution in [1.82, 2.24) is 4.72 Å². The van der Waals surface area contributed by atoms with E-state index in [1.807, 2.05) is 13.8 Å². The van der Waals surface area contributed by atoms with E-state index in [0.29, 0.717) is 5.75 Å². The van der Waals surface area contributed by atoms with Crippen molar-refractivity contribution >= 4 is 10.0 Å². The number of ether oxygens (including phenoxy) is 1. The first-order valence-electron chi connectivity index (χ1n) is 6.84. The Kier molecular flexibility index (Phi) is 5.15. The predicted molar refractivity (Wildman–Crippen MR) is 83.0 cm³/mol. The molecule has 22 heavy (non-hydrogen) atoms. The zero-order chi connectivity index (χ0) is 16.2. The molecule has 0 bridgehead atoms. The van der Waals surface area contributed by atoms with Gasteiger partial charge in [0, 0.05) is 12.6 Å². The van der Waals surface area contributed by atoms with Crippen LogP contribution in [0.3, 0.4) is 0 Å². The fourth-order valence-corrected chi connectivity index (χ4v) is 2.96. The summed E-state index contributed by atoms with van der Waals surface area (Å²) < 4.78 is 45.0. The predicted octanol–water partition coefficient (Wildman–Crippen LogP) is 2.80. The smallest absolute Gasteiger partial charge is 0.240 e. The number of hydrogen-bond donors (Lipinski definition) is 1. The molecule has 4 nitrogen and oxygen atoms in total. The van der Waals surface area contributed by atoms with Crippen molar-refractivity contribution in [2.45, 2.75) is 18.7 Å². The molecule has 0 saturated carbocycles. The van der Waals surface area contributed by atoms with Gasteiger partial charge >= 0.3 is 0 Å². The maximum absolute atomic E-state index is 13.0. The van der Waals surface area contributed by atoms with Crippen molar-refractivity contribution in [3.63, 3.8) is 0 Å². The lowest BCUT2D eigenvalue weighted by Gasteiger charge is -2.10. The quantitative estimate of drug-likeness (QED) is 0.832. The molecule has 2 aromatic rings. The SMILES string of the molecule is Cc1ccc(S(=O)(=O)NCCOc2cccc(F)c2)cc1C. The third-order valence-corrected chi connectivity index (χ3v) is 4.71. The molecule has 2 rings (SSSR count). The van der Waals surface area contributed by atoms with E-state index in [4.69, 9.17) is 4.74 Å². The normalized spacial score (nSPS) is 11.4. The molecule has 0 fully saturated rings. The van der Waals surface area contributed by atoms with Gasteiger partial charge in [0.25, 0.3) is 0 Å². The third-order valence-electron chi connectivity index (χ3n) is 3.25.